The summed E-state index contributed by atoms with van der Waals surface area (Å²) in [6, 6.07) is 5.75. The number of carbonyl (C=O) groups is 1. The minimum Gasteiger partial charge on any atom is -0.495 e. The number of amides is 1. The molecule has 0 bridgehead atoms. The number of β-amino-alcohol motifs (C(OH)–C–C–N with tert-alkyl or cyclic N) is 1. The second-order valence-corrected chi connectivity index (χ2v) is 5.91. The molecule has 0 unspecified atom stereocenters. The van der Waals surface area contributed by atoms with Crippen LogP contribution < -0.4 is 10.1 Å². The van der Waals surface area contributed by atoms with E-state index in [2.05, 4.69) is 15.1 Å². The molecule has 128 valence electrons. The number of anilines is 1. The quantitative estimate of drug-likeness (QED) is 0.782. The standard InChI is InChI=1S/C17H27N3O3/c1-14-3-4-16(23-2)15(13-14)18-17(22)5-6-19-7-9-20(10-8-19)11-12-21/h3-4,13,21H,5-12H2,1-2H3,(H,18,22). The normalized spacial score (nSPS) is 16.3. The first-order valence-electron chi connectivity index (χ1n) is 8.12. The zero-order valence-electron chi connectivity index (χ0n) is 14.0. The SMILES string of the molecule is COc1ccc(C)cc1NC(=O)CCN1CCN(CCO)CC1. The van der Waals surface area contributed by atoms with Crippen molar-refractivity contribution in [2.45, 2.75) is 13.3 Å². The Labute approximate surface area is 138 Å². The Morgan fingerprint density at radius 1 is 1.22 bits per heavy atom. The Hall–Kier alpha value is -1.63. The summed E-state index contributed by atoms with van der Waals surface area (Å²) >= 11 is 0. The number of aryl methyl sites for hydroxylation is 1. The lowest BCUT2D eigenvalue weighted by Gasteiger charge is -2.34. The monoisotopic (exact) mass is 321 g/mol. The highest BCUT2D eigenvalue weighted by Crippen LogP contribution is 2.25. The van der Waals surface area contributed by atoms with Gasteiger partial charge < -0.3 is 20.1 Å². The number of benzene rings is 1. The average Bonchev–Trinajstić information content (AvgIpc) is 2.55. The summed E-state index contributed by atoms with van der Waals surface area (Å²) in [7, 11) is 1.60. The highest BCUT2D eigenvalue weighted by atomic mass is 16.5. The molecule has 1 fully saturated rings. The van der Waals surface area contributed by atoms with Gasteiger partial charge in [0.05, 0.1) is 19.4 Å². The fourth-order valence-corrected chi connectivity index (χ4v) is 2.77. The lowest BCUT2D eigenvalue weighted by molar-refractivity contribution is -0.116. The molecular weight excluding hydrogens is 294 g/mol. The highest BCUT2D eigenvalue weighted by Gasteiger charge is 2.17. The van der Waals surface area contributed by atoms with Crippen LogP contribution in [0, 0.1) is 6.92 Å². The molecular formula is C17H27N3O3. The lowest BCUT2D eigenvalue weighted by atomic mass is 10.2. The Morgan fingerprint density at radius 3 is 2.48 bits per heavy atom. The Bertz CT molecular complexity index is 514. The molecule has 1 aromatic carbocycles. The molecule has 1 aliphatic rings. The number of ether oxygens (including phenoxy) is 1. The predicted octanol–water partition coefficient (Wildman–Crippen LogP) is 0.942. The molecule has 6 nitrogen and oxygen atoms in total. The summed E-state index contributed by atoms with van der Waals surface area (Å²) < 4.78 is 5.28. The van der Waals surface area contributed by atoms with Crippen LogP contribution in [0.25, 0.3) is 0 Å². The van der Waals surface area contributed by atoms with Crippen LogP contribution in [-0.4, -0.2) is 73.8 Å². The first-order chi connectivity index (χ1) is 11.1. The van der Waals surface area contributed by atoms with E-state index in [1.165, 1.54) is 0 Å². The van der Waals surface area contributed by atoms with Gasteiger partial charge in [-0.15, -0.1) is 0 Å². The number of carbonyl (C=O) groups excluding carboxylic acids is 1. The molecule has 1 saturated heterocycles. The molecule has 0 atom stereocenters. The minimum atomic E-state index is 0.00619. The molecule has 6 heteroatoms. The van der Waals surface area contributed by atoms with Crippen LogP contribution in [0.1, 0.15) is 12.0 Å². The molecule has 23 heavy (non-hydrogen) atoms. The minimum absolute atomic E-state index is 0.00619. The summed E-state index contributed by atoms with van der Waals surface area (Å²) in [5.74, 6) is 0.688. The molecule has 2 rings (SSSR count). The maximum atomic E-state index is 12.2. The van der Waals surface area contributed by atoms with Crippen molar-refractivity contribution in [3.63, 3.8) is 0 Å². The number of piperazine rings is 1. The molecule has 1 aliphatic heterocycles. The first-order valence-corrected chi connectivity index (χ1v) is 8.12. The molecule has 0 spiro atoms. The third kappa shape index (κ3) is 5.49. The second-order valence-electron chi connectivity index (χ2n) is 5.91. The van der Waals surface area contributed by atoms with Crippen LogP contribution in [0.2, 0.25) is 0 Å². The topological polar surface area (TPSA) is 65.0 Å². The molecule has 0 radical (unpaired) electrons. The van der Waals surface area contributed by atoms with Crippen LogP contribution in [0.3, 0.4) is 0 Å². The fourth-order valence-electron chi connectivity index (χ4n) is 2.77. The number of nitrogens with zero attached hydrogens (tertiary/aromatic N) is 2. The van der Waals surface area contributed by atoms with Crippen molar-refractivity contribution in [2.24, 2.45) is 0 Å². The maximum absolute atomic E-state index is 12.2. The number of methoxy groups -OCH3 is 1. The zero-order chi connectivity index (χ0) is 16.7. The van der Waals surface area contributed by atoms with E-state index in [9.17, 15) is 4.79 Å². The third-order valence-corrected chi connectivity index (χ3v) is 4.17. The number of hydrogen-bond donors (Lipinski definition) is 2. The molecule has 1 amide bonds. The summed E-state index contributed by atoms with van der Waals surface area (Å²) in [4.78, 5) is 16.7. The Kier molecular flexibility index (Phi) is 6.83. The van der Waals surface area contributed by atoms with Gasteiger partial charge in [0.2, 0.25) is 5.91 Å². The van der Waals surface area contributed by atoms with Crippen molar-refractivity contribution in [2.75, 3.05) is 58.3 Å². The van der Waals surface area contributed by atoms with Gasteiger partial charge in [0.1, 0.15) is 5.75 Å². The van der Waals surface area contributed by atoms with Crippen LogP contribution in [0.15, 0.2) is 18.2 Å². The van der Waals surface area contributed by atoms with Crippen molar-refractivity contribution in [1.82, 2.24) is 9.80 Å². The van der Waals surface area contributed by atoms with E-state index in [1.807, 2.05) is 25.1 Å². The number of rotatable bonds is 7. The van der Waals surface area contributed by atoms with Gasteiger partial charge in [0, 0.05) is 45.7 Å². The van der Waals surface area contributed by atoms with Crippen LogP contribution in [0.4, 0.5) is 5.69 Å². The highest BCUT2D eigenvalue weighted by molar-refractivity contribution is 5.92. The Balaban J connectivity index is 1.77. The summed E-state index contributed by atoms with van der Waals surface area (Å²) in [5.41, 5.74) is 1.81. The fraction of sp³-hybridized carbons (Fsp3) is 0.588. The summed E-state index contributed by atoms with van der Waals surface area (Å²) in [6.45, 7) is 7.49. The van der Waals surface area contributed by atoms with Gasteiger partial charge in [-0.25, -0.2) is 0 Å². The van der Waals surface area contributed by atoms with Crippen LogP contribution in [0.5, 0.6) is 5.75 Å². The van der Waals surface area contributed by atoms with Gasteiger partial charge in [0.25, 0.3) is 0 Å². The molecule has 1 aromatic rings. The molecule has 2 N–H and O–H groups in total. The number of aliphatic hydroxyl groups is 1. The van der Waals surface area contributed by atoms with Crippen molar-refractivity contribution in [3.05, 3.63) is 23.8 Å². The number of aliphatic hydroxyl groups excluding tert-OH is 1. The smallest absolute Gasteiger partial charge is 0.225 e. The molecule has 1 heterocycles. The lowest BCUT2D eigenvalue weighted by Crippen LogP contribution is -2.47. The van der Waals surface area contributed by atoms with Crippen molar-refractivity contribution < 1.29 is 14.6 Å². The van der Waals surface area contributed by atoms with Crippen molar-refractivity contribution in [3.8, 4) is 5.75 Å². The average molecular weight is 321 g/mol. The van der Waals surface area contributed by atoms with E-state index in [0.717, 1.165) is 50.5 Å². The Morgan fingerprint density at radius 2 is 1.87 bits per heavy atom. The van der Waals surface area contributed by atoms with Crippen LogP contribution >= 0.6 is 0 Å². The van der Waals surface area contributed by atoms with E-state index in [4.69, 9.17) is 9.84 Å². The number of nitrogens with one attached hydrogen (secondary N) is 1. The van der Waals surface area contributed by atoms with Gasteiger partial charge in [-0.1, -0.05) is 6.07 Å². The van der Waals surface area contributed by atoms with Crippen molar-refractivity contribution in [1.29, 1.82) is 0 Å². The molecule has 0 aromatic heterocycles. The van der Waals surface area contributed by atoms with Crippen LogP contribution in [-0.2, 0) is 4.79 Å². The first kappa shape index (κ1) is 17.7. The van der Waals surface area contributed by atoms with E-state index in [0.29, 0.717) is 12.2 Å². The van der Waals surface area contributed by atoms with E-state index in [-0.39, 0.29) is 12.5 Å². The predicted molar refractivity (Wildman–Crippen MR) is 90.9 cm³/mol. The molecule has 0 saturated carbocycles. The van der Waals surface area contributed by atoms with E-state index < -0.39 is 0 Å². The summed E-state index contributed by atoms with van der Waals surface area (Å²) in [6.07, 6.45) is 0.469. The second kappa shape index (κ2) is 8.86. The van der Waals surface area contributed by atoms with E-state index >= 15 is 0 Å². The van der Waals surface area contributed by atoms with E-state index in [1.54, 1.807) is 7.11 Å². The van der Waals surface area contributed by atoms with Gasteiger partial charge in [-0.3, -0.25) is 9.69 Å². The maximum Gasteiger partial charge on any atom is 0.225 e. The van der Waals surface area contributed by atoms with Gasteiger partial charge in [0.15, 0.2) is 0 Å². The van der Waals surface area contributed by atoms with Gasteiger partial charge >= 0.3 is 0 Å². The van der Waals surface area contributed by atoms with Gasteiger partial charge in [-0.05, 0) is 24.6 Å². The zero-order valence-corrected chi connectivity index (χ0v) is 14.0. The number of hydrogen-bond acceptors (Lipinski definition) is 5. The molecule has 0 aliphatic carbocycles. The van der Waals surface area contributed by atoms with Gasteiger partial charge in [-0.2, -0.15) is 0 Å². The van der Waals surface area contributed by atoms with Crippen molar-refractivity contribution >= 4 is 11.6 Å². The third-order valence-electron chi connectivity index (χ3n) is 4.17. The summed E-state index contributed by atoms with van der Waals surface area (Å²) in [5, 5.41) is 11.9. The largest absolute Gasteiger partial charge is 0.495 e.